The molecule has 0 saturated carbocycles. The van der Waals surface area contributed by atoms with Crippen LogP contribution in [0, 0.1) is 0 Å². The standard InChI is InChI=1S/C23H27N3O5S/c1-3-24-21(27)12-15-7-8-17-19(31-15)13-30-18-9-6-14(11-16(18)23(29)26(17)2)25-22(28)20-5-4-10-32-20/h4-6,9-11,15,17,19H,3,7-8,12-13H2,1-2H3,(H,24,27)(H,25,28)/t15-,17+,19+/m0/s1. The number of hydrogen-bond acceptors (Lipinski definition) is 6. The molecule has 0 radical (unpaired) electrons. The number of nitrogens with zero attached hydrogens (tertiary/aromatic N) is 1. The fourth-order valence-corrected chi connectivity index (χ4v) is 4.80. The molecule has 0 aliphatic carbocycles. The average Bonchev–Trinajstić information content (AvgIpc) is 3.32. The first-order valence-electron chi connectivity index (χ1n) is 10.8. The van der Waals surface area contributed by atoms with Gasteiger partial charge in [0.2, 0.25) is 5.91 Å². The van der Waals surface area contributed by atoms with Crippen molar-refractivity contribution in [3.63, 3.8) is 0 Å². The van der Waals surface area contributed by atoms with E-state index in [1.165, 1.54) is 11.3 Å². The number of carbonyl (C=O) groups is 3. The van der Waals surface area contributed by atoms with E-state index in [0.717, 1.165) is 6.42 Å². The van der Waals surface area contributed by atoms with E-state index in [1.54, 1.807) is 36.2 Å². The largest absolute Gasteiger partial charge is 0.490 e. The first kappa shape index (κ1) is 22.3. The number of nitrogens with one attached hydrogen (secondary N) is 2. The first-order chi connectivity index (χ1) is 15.5. The highest BCUT2D eigenvalue weighted by atomic mass is 32.1. The molecule has 2 N–H and O–H groups in total. The maximum absolute atomic E-state index is 13.3. The summed E-state index contributed by atoms with van der Waals surface area (Å²) in [7, 11) is 1.76. The summed E-state index contributed by atoms with van der Waals surface area (Å²) in [5.74, 6) is 0.0117. The van der Waals surface area contributed by atoms with Crippen LogP contribution in [0.4, 0.5) is 5.69 Å². The summed E-state index contributed by atoms with van der Waals surface area (Å²) in [6, 6.07) is 8.48. The van der Waals surface area contributed by atoms with Crippen LogP contribution in [-0.2, 0) is 9.53 Å². The fourth-order valence-electron chi connectivity index (χ4n) is 4.18. The predicted molar refractivity (Wildman–Crippen MR) is 121 cm³/mol. The third-order valence-electron chi connectivity index (χ3n) is 5.80. The second-order valence-electron chi connectivity index (χ2n) is 7.97. The summed E-state index contributed by atoms with van der Waals surface area (Å²) in [5, 5.41) is 7.48. The summed E-state index contributed by atoms with van der Waals surface area (Å²) in [6.45, 7) is 2.75. The lowest BCUT2D eigenvalue weighted by atomic mass is 9.94. The van der Waals surface area contributed by atoms with Crippen LogP contribution in [0.1, 0.15) is 46.2 Å². The van der Waals surface area contributed by atoms with Gasteiger partial charge >= 0.3 is 0 Å². The summed E-state index contributed by atoms with van der Waals surface area (Å²) >= 11 is 1.35. The van der Waals surface area contributed by atoms with Crippen molar-refractivity contribution in [3.05, 3.63) is 46.2 Å². The van der Waals surface area contributed by atoms with Crippen LogP contribution in [0.25, 0.3) is 0 Å². The molecule has 1 saturated heterocycles. The Labute approximate surface area is 190 Å². The van der Waals surface area contributed by atoms with Crippen LogP contribution >= 0.6 is 11.3 Å². The molecule has 2 aromatic rings. The number of likely N-dealkylation sites (N-methyl/N-ethyl adjacent to an activating group) is 1. The van der Waals surface area contributed by atoms with Gasteiger partial charge in [0.15, 0.2) is 0 Å². The van der Waals surface area contributed by atoms with Crippen molar-refractivity contribution in [2.75, 3.05) is 25.5 Å². The Bertz CT molecular complexity index is 994. The normalized spacial score (nSPS) is 22.6. The molecule has 0 bridgehead atoms. The number of fused-ring (bicyclic) bond motifs is 2. The molecular formula is C23H27N3O5S. The second-order valence-corrected chi connectivity index (χ2v) is 8.92. The highest BCUT2D eigenvalue weighted by Gasteiger charge is 2.39. The third-order valence-corrected chi connectivity index (χ3v) is 6.67. The van der Waals surface area contributed by atoms with Crippen molar-refractivity contribution in [2.24, 2.45) is 0 Å². The van der Waals surface area contributed by atoms with Gasteiger partial charge in [0, 0.05) is 19.3 Å². The Morgan fingerprint density at radius 2 is 2.09 bits per heavy atom. The zero-order chi connectivity index (χ0) is 22.7. The lowest BCUT2D eigenvalue weighted by Gasteiger charge is -2.42. The lowest BCUT2D eigenvalue weighted by Crippen LogP contribution is -2.54. The molecule has 1 aromatic heterocycles. The van der Waals surface area contributed by atoms with Crippen LogP contribution in [0.3, 0.4) is 0 Å². The summed E-state index contributed by atoms with van der Waals surface area (Å²) < 4.78 is 12.1. The van der Waals surface area contributed by atoms with Gasteiger partial charge in [-0.15, -0.1) is 11.3 Å². The summed E-state index contributed by atoms with van der Waals surface area (Å²) in [5.41, 5.74) is 0.936. The molecule has 3 heterocycles. The molecule has 2 aliphatic rings. The maximum Gasteiger partial charge on any atom is 0.265 e. The van der Waals surface area contributed by atoms with E-state index in [2.05, 4.69) is 10.6 Å². The second kappa shape index (κ2) is 9.70. The molecule has 3 atom stereocenters. The SMILES string of the molecule is CCNC(=O)C[C@@H]1CC[C@@H]2[C@@H](COc3ccc(NC(=O)c4cccs4)cc3C(=O)N2C)O1. The molecule has 8 nitrogen and oxygen atoms in total. The summed E-state index contributed by atoms with van der Waals surface area (Å²) in [6.07, 6.45) is 1.22. The van der Waals surface area contributed by atoms with Crippen molar-refractivity contribution in [1.82, 2.24) is 10.2 Å². The zero-order valence-corrected chi connectivity index (χ0v) is 18.9. The Balaban J connectivity index is 1.49. The smallest absolute Gasteiger partial charge is 0.265 e. The monoisotopic (exact) mass is 457 g/mol. The molecule has 0 unspecified atom stereocenters. The number of ether oxygens (including phenoxy) is 2. The highest BCUT2D eigenvalue weighted by Crippen LogP contribution is 2.32. The van der Waals surface area contributed by atoms with E-state index in [9.17, 15) is 14.4 Å². The molecule has 9 heteroatoms. The van der Waals surface area contributed by atoms with E-state index >= 15 is 0 Å². The van der Waals surface area contributed by atoms with Crippen molar-refractivity contribution in [3.8, 4) is 5.75 Å². The quantitative estimate of drug-likeness (QED) is 0.720. The van der Waals surface area contributed by atoms with Gasteiger partial charge in [0.05, 0.1) is 29.0 Å². The predicted octanol–water partition coefficient (Wildman–Crippen LogP) is 2.91. The topological polar surface area (TPSA) is 97.0 Å². The molecule has 170 valence electrons. The fraction of sp³-hybridized carbons (Fsp3) is 0.435. The van der Waals surface area contributed by atoms with E-state index < -0.39 is 0 Å². The van der Waals surface area contributed by atoms with Gasteiger partial charge in [-0.2, -0.15) is 0 Å². The Hall–Kier alpha value is -2.91. The lowest BCUT2D eigenvalue weighted by molar-refractivity contribution is -0.133. The molecule has 0 spiro atoms. The number of amides is 3. The average molecular weight is 458 g/mol. The minimum Gasteiger partial charge on any atom is -0.490 e. The van der Waals surface area contributed by atoms with Crippen molar-refractivity contribution in [2.45, 2.75) is 44.4 Å². The van der Waals surface area contributed by atoms with Crippen LogP contribution in [0.5, 0.6) is 5.75 Å². The Morgan fingerprint density at radius 1 is 1.25 bits per heavy atom. The summed E-state index contributed by atoms with van der Waals surface area (Å²) in [4.78, 5) is 39.9. The minimum absolute atomic E-state index is 0.0328. The Morgan fingerprint density at radius 3 is 2.84 bits per heavy atom. The van der Waals surface area contributed by atoms with Gasteiger partial charge in [0.25, 0.3) is 11.8 Å². The van der Waals surface area contributed by atoms with Gasteiger partial charge in [-0.1, -0.05) is 6.07 Å². The van der Waals surface area contributed by atoms with E-state index in [1.807, 2.05) is 18.4 Å². The van der Waals surface area contributed by atoms with Gasteiger partial charge in [-0.3, -0.25) is 14.4 Å². The maximum atomic E-state index is 13.3. The highest BCUT2D eigenvalue weighted by molar-refractivity contribution is 7.12. The van der Waals surface area contributed by atoms with Gasteiger partial charge in [-0.05, 0) is 49.4 Å². The van der Waals surface area contributed by atoms with Crippen molar-refractivity contribution < 1.29 is 23.9 Å². The Kier molecular flexibility index (Phi) is 6.76. The molecule has 3 amide bonds. The first-order valence-corrected chi connectivity index (χ1v) is 11.6. The molecule has 32 heavy (non-hydrogen) atoms. The van der Waals surface area contributed by atoms with E-state index in [4.69, 9.17) is 9.47 Å². The van der Waals surface area contributed by atoms with Crippen molar-refractivity contribution in [1.29, 1.82) is 0 Å². The number of anilines is 1. The third kappa shape index (κ3) is 4.78. The number of hydrogen-bond donors (Lipinski definition) is 2. The number of benzene rings is 1. The van der Waals surface area contributed by atoms with Gasteiger partial charge in [0.1, 0.15) is 18.5 Å². The number of thiophene rings is 1. The zero-order valence-electron chi connectivity index (χ0n) is 18.1. The van der Waals surface area contributed by atoms with Gasteiger partial charge in [-0.25, -0.2) is 0 Å². The van der Waals surface area contributed by atoms with Crippen LogP contribution in [-0.4, -0.2) is 61.1 Å². The van der Waals surface area contributed by atoms with Crippen LogP contribution in [0.2, 0.25) is 0 Å². The molecule has 1 fully saturated rings. The molecule has 4 rings (SSSR count). The molecule has 2 aliphatic heterocycles. The van der Waals surface area contributed by atoms with Crippen molar-refractivity contribution >= 4 is 34.7 Å². The van der Waals surface area contributed by atoms with Crippen LogP contribution in [0.15, 0.2) is 35.7 Å². The van der Waals surface area contributed by atoms with E-state index in [0.29, 0.717) is 41.3 Å². The van der Waals surface area contributed by atoms with Crippen LogP contribution < -0.4 is 15.4 Å². The van der Waals surface area contributed by atoms with E-state index in [-0.39, 0.29) is 42.6 Å². The minimum atomic E-state index is -0.316. The number of rotatable bonds is 5. The molecular weight excluding hydrogens is 430 g/mol. The number of carbonyl (C=O) groups excluding carboxylic acids is 3. The van der Waals surface area contributed by atoms with Gasteiger partial charge < -0.3 is 25.0 Å². The molecule has 1 aromatic carbocycles.